The molecule has 0 aromatic heterocycles. The van der Waals surface area contributed by atoms with Gasteiger partial charge in [0.1, 0.15) is 6.10 Å². The Bertz CT molecular complexity index is 394. The molecule has 5 heteroatoms. The maximum Gasteiger partial charge on any atom is 0.216 e. The number of hydrogen-bond donors (Lipinski definition) is 4. The van der Waals surface area contributed by atoms with E-state index in [1.54, 1.807) is 24.3 Å². The molecule has 1 aromatic rings. The highest BCUT2D eigenvalue weighted by molar-refractivity contribution is 5.72. The van der Waals surface area contributed by atoms with Gasteiger partial charge in [-0.25, -0.2) is 0 Å². The first kappa shape index (κ1) is 14.6. The summed E-state index contributed by atoms with van der Waals surface area (Å²) in [7, 11) is 0. The molecular weight excluding hydrogens is 234 g/mol. The number of hydrogen-bond acceptors (Lipinski definition) is 4. The van der Waals surface area contributed by atoms with Gasteiger partial charge in [0.2, 0.25) is 5.91 Å². The van der Waals surface area contributed by atoms with E-state index in [4.69, 9.17) is 5.11 Å². The van der Waals surface area contributed by atoms with E-state index < -0.39 is 12.2 Å². The van der Waals surface area contributed by atoms with Gasteiger partial charge in [0.05, 0.1) is 12.7 Å². The topological polar surface area (TPSA) is 89.8 Å². The molecule has 0 bridgehead atoms. The van der Waals surface area contributed by atoms with Gasteiger partial charge in [-0.15, -0.1) is 0 Å². The molecule has 0 saturated carbocycles. The quantitative estimate of drug-likeness (QED) is 0.579. The monoisotopic (exact) mass is 253 g/mol. The van der Waals surface area contributed by atoms with Gasteiger partial charge in [0, 0.05) is 13.5 Å². The molecular formula is C13H19NO4. The number of carbonyl (C=O) groups is 1. The van der Waals surface area contributed by atoms with Gasteiger partial charge >= 0.3 is 0 Å². The molecule has 4 N–H and O–H groups in total. The Labute approximate surface area is 106 Å². The Balaban J connectivity index is 2.56. The molecule has 2 atom stereocenters. The maximum absolute atomic E-state index is 10.7. The highest BCUT2D eigenvalue weighted by Crippen LogP contribution is 2.19. The number of benzene rings is 1. The number of rotatable bonds is 6. The first-order valence-corrected chi connectivity index (χ1v) is 5.85. The van der Waals surface area contributed by atoms with Crippen molar-refractivity contribution in [1.82, 2.24) is 5.32 Å². The molecule has 5 nitrogen and oxygen atoms in total. The van der Waals surface area contributed by atoms with Crippen molar-refractivity contribution in [3.8, 4) is 0 Å². The Morgan fingerprint density at radius 1 is 1.39 bits per heavy atom. The Hall–Kier alpha value is -1.43. The van der Waals surface area contributed by atoms with Crippen LogP contribution in [0.1, 0.15) is 30.6 Å². The zero-order valence-electron chi connectivity index (χ0n) is 10.3. The molecule has 0 aliphatic heterocycles. The van der Waals surface area contributed by atoms with E-state index in [9.17, 15) is 15.0 Å². The van der Waals surface area contributed by atoms with Gasteiger partial charge in [0.15, 0.2) is 0 Å². The molecule has 2 unspecified atom stereocenters. The zero-order chi connectivity index (χ0) is 13.5. The zero-order valence-corrected chi connectivity index (χ0v) is 10.3. The molecule has 0 heterocycles. The minimum absolute atomic E-state index is 0.109. The van der Waals surface area contributed by atoms with Crippen LogP contribution in [0, 0.1) is 0 Å². The summed E-state index contributed by atoms with van der Waals surface area (Å²) in [4.78, 5) is 10.7. The predicted octanol–water partition coefficient (Wildman–Crippen LogP) is 0.0994. The van der Waals surface area contributed by atoms with E-state index >= 15 is 0 Å². The molecule has 100 valence electrons. The van der Waals surface area contributed by atoms with E-state index in [0.717, 1.165) is 0 Å². The molecule has 0 fully saturated rings. The summed E-state index contributed by atoms with van der Waals surface area (Å²) in [6.45, 7) is 1.60. The lowest BCUT2D eigenvalue weighted by Gasteiger charge is -2.18. The molecule has 18 heavy (non-hydrogen) atoms. The van der Waals surface area contributed by atoms with E-state index in [-0.39, 0.29) is 18.9 Å². The molecule has 0 aliphatic rings. The first-order chi connectivity index (χ1) is 8.54. The molecule has 1 aromatic carbocycles. The summed E-state index contributed by atoms with van der Waals surface area (Å²) in [5.41, 5.74) is 1.23. The molecule has 1 amide bonds. The van der Waals surface area contributed by atoms with Crippen molar-refractivity contribution in [3.05, 3.63) is 35.4 Å². The van der Waals surface area contributed by atoms with Gasteiger partial charge in [-0.1, -0.05) is 24.3 Å². The average molecular weight is 253 g/mol. The minimum Gasteiger partial charge on any atom is -0.392 e. The Morgan fingerprint density at radius 2 is 2.11 bits per heavy atom. The molecule has 0 aliphatic carbocycles. The highest BCUT2D eigenvalue weighted by Gasteiger charge is 2.18. The number of nitrogens with one attached hydrogen (secondary N) is 1. The summed E-state index contributed by atoms with van der Waals surface area (Å²) in [6, 6.07) is 6.78. The van der Waals surface area contributed by atoms with Crippen LogP contribution in [0.5, 0.6) is 0 Å². The fourth-order valence-electron chi connectivity index (χ4n) is 1.65. The number of aliphatic hydroxyl groups is 3. The largest absolute Gasteiger partial charge is 0.392 e. The third-order valence-electron chi connectivity index (χ3n) is 2.65. The third kappa shape index (κ3) is 4.44. The second kappa shape index (κ2) is 7.10. The van der Waals surface area contributed by atoms with Gasteiger partial charge in [0.25, 0.3) is 0 Å². The van der Waals surface area contributed by atoms with Gasteiger partial charge in [-0.05, 0) is 17.5 Å². The molecule has 0 spiro atoms. The van der Waals surface area contributed by atoms with Gasteiger partial charge in [-0.2, -0.15) is 0 Å². The van der Waals surface area contributed by atoms with E-state index in [2.05, 4.69) is 5.32 Å². The third-order valence-corrected chi connectivity index (χ3v) is 2.65. The van der Waals surface area contributed by atoms with Gasteiger partial charge in [-0.3, -0.25) is 4.79 Å². The number of aliphatic hydroxyl groups excluding tert-OH is 3. The number of amides is 1. The van der Waals surface area contributed by atoms with Gasteiger partial charge < -0.3 is 20.6 Å². The second-order valence-electron chi connectivity index (χ2n) is 4.19. The normalized spacial score (nSPS) is 14.0. The van der Waals surface area contributed by atoms with Crippen LogP contribution in [0.4, 0.5) is 0 Å². The lowest BCUT2D eigenvalue weighted by atomic mass is 10.0. The van der Waals surface area contributed by atoms with Crippen LogP contribution in [0.2, 0.25) is 0 Å². The van der Waals surface area contributed by atoms with E-state index in [1.165, 1.54) is 6.92 Å². The summed E-state index contributed by atoms with van der Waals surface area (Å²) >= 11 is 0. The average Bonchev–Trinajstić information content (AvgIpc) is 2.37. The highest BCUT2D eigenvalue weighted by atomic mass is 16.3. The van der Waals surface area contributed by atoms with Crippen molar-refractivity contribution < 1.29 is 20.1 Å². The van der Waals surface area contributed by atoms with Crippen LogP contribution in [0.25, 0.3) is 0 Å². The van der Waals surface area contributed by atoms with Crippen LogP contribution >= 0.6 is 0 Å². The fourth-order valence-corrected chi connectivity index (χ4v) is 1.65. The molecule has 1 rings (SSSR count). The number of carbonyl (C=O) groups excluding carboxylic acids is 1. The van der Waals surface area contributed by atoms with Crippen molar-refractivity contribution in [2.45, 2.75) is 32.2 Å². The lowest BCUT2D eigenvalue weighted by Crippen LogP contribution is -2.27. The van der Waals surface area contributed by atoms with Crippen LogP contribution in [-0.2, 0) is 11.4 Å². The van der Waals surface area contributed by atoms with Crippen LogP contribution in [0.15, 0.2) is 24.3 Å². The van der Waals surface area contributed by atoms with Crippen molar-refractivity contribution >= 4 is 5.91 Å². The second-order valence-corrected chi connectivity index (χ2v) is 4.19. The Kier molecular flexibility index (Phi) is 5.77. The van der Waals surface area contributed by atoms with Crippen LogP contribution < -0.4 is 5.32 Å². The summed E-state index contributed by atoms with van der Waals surface area (Å²) in [6.07, 6.45) is -1.71. The van der Waals surface area contributed by atoms with E-state index in [1.807, 2.05) is 0 Å². The van der Waals surface area contributed by atoms with E-state index in [0.29, 0.717) is 17.7 Å². The summed E-state index contributed by atoms with van der Waals surface area (Å²) in [5, 5.41) is 31.3. The lowest BCUT2D eigenvalue weighted by molar-refractivity contribution is -0.119. The Morgan fingerprint density at radius 3 is 2.72 bits per heavy atom. The smallest absolute Gasteiger partial charge is 0.216 e. The minimum atomic E-state index is -1.02. The van der Waals surface area contributed by atoms with Crippen molar-refractivity contribution in [1.29, 1.82) is 0 Å². The SMILES string of the molecule is CC(=O)NCCC(O)C(O)c1cccc(CO)c1. The predicted molar refractivity (Wildman–Crippen MR) is 66.6 cm³/mol. The van der Waals surface area contributed by atoms with Crippen molar-refractivity contribution in [3.63, 3.8) is 0 Å². The van der Waals surface area contributed by atoms with Crippen LogP contribution in [-0.4, -0.2) is 33.9 Å². The molecule has 0 saturated heterocycles. The van der Waals surface area contributed by atoms with Crippen molar-refractivity contribution in [2.75, 3.05) is 6.54 Å². The standard InChI is InChI=1S/C13H19NO4/c1-9(16)14-6-5-12(17)13(18)11-4-2-3-10(7-11)8-15/h2-4,7,12-13,15,17-18H,5-6,8H2,1H3,(H,14,16). The molecule has 0 radical (unpaired) electrons. The fraction of sp³-hybridized carbons (Fsp3) is 0.462. The summed E-state index contributed by atoms with van der Waals surface area (Å²) in [5.74, 6) is -0.168. The first-order valence-electron chi connectivity index (χ1n) is 5.85. The summed E-state index contributed by atoms with van der Waals surface area (Å²) < 4.78 is 0. The maximum atomic E-state index is 10.7. The van der Waals surface area contributed by atoms with Crippen LogP contribution in [0.3, 0.4) is 0 Å². The van der Waals surface area contributed by atoms with Crippen molar-refractivity contribution in [2.24, 2.45) is 0 Å².